The fourth-order valence-corrected chi connectivity index (χ4v) is 3.41. The van der Waals surface area contributed by atoms with Gasteiger partial charge >= 0.3 is 0 Å². The van der Waals surface area contributed by atoms with Crippen LogP contribution in [0.15, 0.2) is 17.6 Å². The summed E-state index contributed by atoms with van der Waals surface area (Å²) in [5, 5.41) is 21.1. The summed E-state index contributed by atoms with van der Waals surface area (Å²) in [6, 6.07) is 3.29. The lowest BCUT2D eigenvalue weighted by molar-refractivity contribution is -0.131. The zero-order valence-corrected chi connectivity index (χ0v) is 13.3. The molecule has 6 nitrogen and oxygen atoms in total. The van der Waals surface area contributed by atoms with Gasteiger partial charge in [0.1, 0.15) is 22.5 Å². The largest absolute Gasteiger partial charge is 0.506 e. The molecular formula is C16H16N4O2S. The van der Waals surface area contributed by atoms with Gasteiger partial charge in [0.05, 0.1) is 17.7 Å². The van der Waals surface area contributed by atoms with Crippen LogP contribution in [-0.4, -0.2) is 39.0 Å². The summed E-state index contributed by atoms with van der Waals surface area (Å²) in [5.41, 5.74) is 1.32. The highest BCUT2D eigenvalue weighted by atomic mass is 32.1. The van der Waals surface area contributed by atoms with Crippen LogP contribution in [0.25, 0.3) is 10.7 Å². The molecule has 0 radical (unpaired) electrons. The first-order chi connectivity index (χ1) is 11.2. The van der Waals surface area contributed by atoms with Gasteiger partial charge in [-0.1, -0.05) is 0 Å². The van der Waals surface area contributed by atoms with E-state index in [2.05, 4.69) is 9.97 Å². The fourth-order valence-electron chi connectivity index (χ4n) is 2.59. The van der Waals surface area contributed by atoms with Crippen molar-refractivity contribution in [2.45, 2.75) is 25.7 Å². The Balaban J connectivity index is 1.73. The van der Waals surface area contributed by atoms with Crippen LogP contribution in [0.3, 0.4) is 0 Å². The molecular weight excluding hydrogens is 312 g/mol. The molecule has 1 aliphatic rings. The molecule has 0 saturated carbocycles. The number of carbonyl (C=O) groups excluding carboxylic acids is 1. The maximum absolute atomic E-state index is 12.3. The van der Waals surface area contributed by atoms with Crippen molar-refractivity contribution >= 4 is 17.2 Å². The van der Waals surface area contributed by atoms with E-state index in [1.54, 1.807) is 0 Å². The molecule has 0 aliphatic carbocycles. The second-order valence-electron chi connectivity index (χ2n) is 5.47. The fraction of sp³-hybridized carbons (Fsp3) is 0.375. The standard InChI is InChI=1S/C16H16N4O2S/c17-8-11-6-13(21)15(18-9-11)16-19-12(10-23-16)7-14(22)20-4-2-1-3-5-20/h6,9-10,21H,1-5,7H2. The molecule has 1 N–H and O–H groups in total. The van der Waals surface area contributed by atoms with Crippen LogP contribution < -0.4 is 0 Å². The Morgan fingerprint density at radius 3 is 2.87 bits per heavy atom. The molecule has 0 bridgehead atoms. The number of rotatable bonds is 3. The van der Waals surface area contributed by atoms with Crippen molar-refractivity contribution in [1.82, 2.24) is 14.9 Å². The van der Waals surface area contributed by atoms with E-state index < -0.39 is 0 Å². The first kappa shape index (κ1) is 15.4. The Morgan fingerprint density at radius 2 is 2.17 bits per heavy atom. The van der Waals surface area contributed by atoms with Crippen LogP contribution in [0.1, 0.15) is 30.5 Å². The molecule has 2 aromatic heterocycles. The molecule has 23 heavy (non-hydrogen) atoms. The maximum atomic E-state index is 12.3. The van der Waals surface area contributed by atoms with E-state index in [0.717, 1.165) is 25.9 Å². The van der Waals surface area contributed by atoms with Gasteiger partial charge in [-0.25, -0.2) is 9.97 Å². The SMILES string of the molecule is N#Cc1cnc(-c2nc(CC(=O)N3CCCCC3)cs2)c(O)c1. The van der Waals surface area contributed by atoms with E-state index in [4.69, 9.17) is 5.26 Å². The van der Waals surface area contributed by atoms with Crippen LogP contribution in [0.2, 0.25) is 0 Å². The Kier molecular flexibility index (Phi) is 4.53. The van der Waals surface area contributed by atoms with Gasteiger partial charge in [0.15, 0.2) is 0 Å². The number of hydrogen-bond donors (Lipinski definition) is 1. The molecule has 0 aromatic carbocycles. The third kappa shape index (κ3) is 3.48. The van der Waals surface area contributed by atoms with Crippen molar-refractivity contribution in [2.24, 2.45) is 0 Å². The molecule has 2 aromatic rings. The van der Waals surface area contributed by atoms with Crippen molar-refractivity contribution < 1.29 is 9.90 Å². The van der Waals surface area contributed by atoms with E-state index in [1.807, 2.05) is 16.3 Å². The highest BCUT2D eigenvalue weighted by molar-refractivity contribution is 7.13. The molecule has 1 amide bonds. The average molecular weight is 328 g/mol. The van der Waals surface area contributed by atoms with Crippen LogP contribution in [0, 0.1) is 11.3 Å². The third-order valence-electron chi connectivity index (χ3n) is 3.79. The average Bonchev–Trinajstić information content (AvgIpc) is 3.03. The minimum absolute atomic E-state index is 0.0766. The topological polar surface area (TPSA) is 90.1 Å². The van der Waals surface area contributed by atoms with Crippen molar-refractivity contribution in [2.75, 3.05) is 13.1 Å². The normalized spacial score (nSPS) is 14.5. The van der Waals surface area contributed by atoms with Crippen molar-refractivity contribution in [3.63, 3.8) is 0 Å². The number of hydrogen-bond acceptors (Lipinski definition) is 6. The molecule has 0 spiro atoms. The number of nitrogens with zero attached hydrogens (tertiary/aromatic N) is 4. The number of aromatic nitrogens is 2. The highest BCUT2D eigenvalue weighted by Gasteiger charge is 2.19. The molecule has 0 atom stereocenters. The predicted molar refractivity (Wildman–Crippen MR) is 85.9 cm³/mol. The molecule has 1 aliphatic heterocycles. The van der Waals surface area contributed by atoms with Crippen LogP contribution >= 0.6 is 11.3 Å². The van der Waals surface area contributed by atoms with Gasteiger partial charge in [-0.15, -0.1) is 11.3 Å². The second kappa shape index (κ2) is 6.75. The van der Waals surface area contributed by atoms with Crippen molar-refractivity contribution in [3.8, 4) is 22.5 Å². The number of pyridine rings is 1. The molecule has 1 saturated heterocycles. The summed E-state index contributed by atoms with van der Waals surface area (Å²) >= 11 is 1.33. The first-order valence-corrected chi connectivity index (χ1v) is 8.37. The molecule has 118 valence electrons. The first-order valence-electron chi connectivity index (χ1n) is 7.49. The summed E-state index contributed by atoms with van der Waals surface area (Å²) in [7, 11) is 0. The lowest BCUT2D eigenvalue weighted by atomic mass is 10.1. The highest BCUT2D eigenvalue weighted by Crippen LogP contribution is 2.30. The van der Waals surface area contributed by atoms with Gasteiger partial charge < -0.3 is 10.0 Å². The van der Waals surface area contributed by atoms with Gasteiger partial charge in [-0.3, -0.25) is 4.79 Å². The van der Waals surface area contributed by atoms with Gasteiger partial charge in [0.2, 0.25) is 5.91 Å². The molecule has 7 heteroatoms. The lowest BCUT2D eigenvalue weighted by Gasteiger charge is -2.26. The Hall–Kier alpha value is -2.46. The summed E-state index contributed by atoms with van der Waals surface area (Å²) in [4.78, 5) is 22.6. The molecule has 1 fully saturated rings. The number of piperidine rings is 1. The van der Waals surface area contributed by atoms with Crippen molar-refractivity contribution in [3.05, 3.63) is 28.9 Å². The zero-order chi connectivity index (χ0) is 16.2. The number of thiazole rings is 1. The number of carbonyl (C=O) groups is 1. The predicted octanol–water partition coefficient (Wildman–Crippen LogP) is 2.34. The maximum Gasteiger partial charge on any atom is 0.228 e. The second-order valence-corrected chi connectivity index (χ2v) is 6.32. The molecule has 0 unspecified atom stereocenters. The summed E-state index contributed by atoms with van der Waals surface area (Å²) < 4.78 is 0. The minimum atomic E-state index is -0.0766. The molecule has 3 heterocycles. The Bertz CT molecular complexity index is 760. The van der Waals surface area contributed by atoms with E-state index in [1.165, 1.54) is 30.0 Å². The van der Waals surface area contributed by atoms with Crippen molar-refractivity contribution in [1.29, 1.82) is 5.26 Å². The smallest absolute Gasteiger partial charge is 0.228 e. The van der Waals surface area contributed by atoms with Gasteiger partial charge in [0, 0.05) is 30.7 Å². The third-order valence-corrected chi connectivity index (χ3v) is 4.69. The number of aromatic hydroxyl groups is 1. The van der Waals surface area contributed by atoms with E-state index >= 15 is 0 Å². The van der Waals surface area contributed by atoms with Gasteiger partial charge in [-0.05, 0) is 19.3 Å². The van der Waals surface area contributed by atoms with Gasteiger partial charge in [-0.2, -0.15) is 5.26 Å². The monoisotopic (exact) mass is 328 g/mol. The number of amides is 1. The van der Waals surface area contributed by atoms with E-state index in [9.17, 15) is 9.90 Å². The quantitative estimate of drug-likeness (QED) is 0.934. The zero-order valence-electron chi connectivity index (χ0n) is 12.5. The number of nitriles is 1. The number of likely N-dealkylation sites (tertiary alicyclic amines) is 1. The molecule has 3 rings (SSSR count). The summed E-state index contributed by atoms with van der Waals surface area (Å²) in [5.74, 6) is 0.0193. The summed E-state index contributed by atoms with van der Waals surface area (Å²) in [6.45, 7) is 1.65. The van der Waals surface area contributed by atoms with Crippen LogP contribution in [0.5, 0.6) is 5.75 Å². The van der Waals surface area contributed by atoms with Gasteiger partial charge in [0.25, 0.3) is 0 Å². The van der Waals surface area contributed by atoms with Crippen LogP contribution in [0.4, 0.5) is 0 Å². The van der Waals surface area contributed by atoms with E-state index in [0.29, 0.717) is 22.0 Å². The van der Waals surface area contributed by atoms with Crippen LogP contribution in [-0.2, 0) is 11.2 Å². The lowest BCUT2D eigenvalue weighted by Crippen LogP contribution is -2.36. The van der Waals surface area contributed by atoms with E-state index in [-0.39, 0.29) is 18.1 Å². The Labute approximate surface area is 138 Å². The minimum Gasteiger partial charge on any atom is -0.506 e. The summed E-state index contributed by atoms with van der Waals surface area (Å²) in [6.07, 6.45) is 4.99. The Morgan fingerprint density at radius 1 is 1.39 bits per heavy atom.